The van der Waals surface area contributed by atoms with Crippen molar-refractivity contribution in [3.8, 4) is 5.75 Å². The molecule has 12 heavy (non-hydrogen) atoms. The van der Waals surface area contributed by atoms with Crippen molar-refractivity contribution in [1.82, 2.24) is 0 Å². The first-order valence-corrected chi connectivity index (χ1v) is 3.36. The van der Waals surface area contributed by atoms with E-state index in [1.807, 2.05) is 24.3 Å². The Morgan fingerprint density at radius 1 is 1.17 bits per heavy atom. The second-order valence-corrected chi connectivity index (χ2v) is 2.30. The van der Waals surface area contributed by atoms with E-state index in [1.165, 1.54) is 5.56 Å². The summed E-state index contributed by atoms with van der Waals surface area (Å²) in [6.07, 6.45) is 4.75. The molecule has 1 aliphatic heterocycles. The summed E-state index contributed by atoms with van der Waals surface area (Å²) in [5.74, 6) is 0.991. The first kappa shape index (κ1) is 12.2. The van der Waals surface area contributed by atoms with Gasteiger partial charge in [0.15, 0.2) is 0 Å². The number of fused-ring (bicyclic) bond motifs is 1. The van der Waals surface area contributed by atoms with Crippen LogP contribution in [0.5, 0.6) is 5.75 Å². The largest absolute Gasteiger partial charge is 0.465 e. The number of para-hydroxylation sites is 1. The number of hydrogen-bond acceptors (Lipinski definition) is 1. The van der Waals surface area contributed by atoms with E-state index in [9.17, 15) is 0 Å². The molecule has 1 heterocycles. The molecule has 0 N–H and O–H groups in total. The van der Waals surface area contributed by atoms with Crippen LogP contribution in [0.4, 0.5) is 0 Å². The Morgan fingerprint density at radius 3 is 2.67 bits per heavy atom. The van der Waals surface area contributed by atoms with Gasteiger partial charge in [-0.25, -0.2) is 0 Å². The molecule has 0 saturated carbocycles. The summed E-state index contributed by atoms with van der Waals surface area (Å²) in [6.45, 7) is 0. The minimum atomic E-state index is 0. The number of benzene rings is 1. The predicted molar refractivity (Wildman–Crippen MR) is 45.7 cm³/mol. The van der Waals surface area contributed by atoms with Crippen molar-refractivity contribution in [1.29, 1.82) is 0 Å². The van der Waals surface area contributed by atoms with Gasteiger partial charge in [0.05, 0.1) is 6.26 Å². The van der Waals surface area contributed by atoms with Crippen molar-refractivity contribution in [3.63, 3.8) is 0 Å². The third-order valence-electron chi connectivity index (χ3n) is 1.60. The summed E-state index contributed by atoms with van der Waals surface area (Å²) in [5.41, 5.74) is 1.27. The average Bonchev–Trinajstić information content (AvgIpc) is 2.05. The van der Waals surface area contributed by atoms with Crippen molar-refractivity contribution >= 4 is 27.3 Å². The van der Waals surface area contributed by atoms with Crippen molar-refractivity contribution in [2.45, 2.75) is 6.42 Å². The zero-order valence-electron chi connectivity index (χ0n) is 6.49. The molecule has 0 atom stereocenters. The molecule has 3 heteroatoms. The van der Waals surface area contributed by atoms with Crippen LogP contribution in [0.15, 0.2) is 36.6 Å². The molecule has 1 aromatic rings. The Balaban J connectivity index is 0.000000605. The third-order valence-corrected chi connectivity index (χ3v) is 1.60. The first-order valence-electron chi connectivity index (χ1n) is 3.36. The van der Waals surface area contributed by atoms with Gasteiger partial charge in [0.1, 0.15) is 5.75 Å². The van der Waals surface area contributed by atoms with Gasteiger partial charge < -0.3 is 4.74 Å². The average molecular weight is 391 g/mol. The Hall–Kier alpha value is 0.215. The van der Waals surface area contributed by atoms with Gasteiger partial charge in [-0.15, -0.1) is 0 Å². The zero-order chi connectivity index (χ0) is 6.81. The van der Waals surface area contributed by atoms with E-state index in [4.69, 9.17) is 4.74 Å². The molecule has 0 unspecified atom stereocenters. The van der Waals surface area contributed by atoms with Crippen molar-refractivity contribution in [2.75, 3.05) is 0 Å². The number of rotatable bonds is 0. The summed E-state index contributed by atoms with van der Waals surface area (Å²) in [7, 11) is 0. The maximum atomic E-state index is 5.24. The summed E-state index contributed by atoms with van der Waals surface area (Å²) in [6, 6.07) is 8.08. The summed E-state index contributed by atoms with van der Waals surface area (Å²) in [4.78, 5) is 0. The number of allylic oxidation sites excluding steroid dienone is 1. The summed E-state index contributed by atoms with van der Waals surface area (Å²) in [5, 5.41) is 0. The number of ether oxygens (including phenoxy) is 1. The van der Waals surface area contributed by atoms with E-state index in [1.54, 1.807) is 6.26 Å². The van der Waals surface area contributed by atoms with Crippen LogP contribution >= 0.6 is 0 Å². The molecule has 4 radical (unpaired) electrons. The molecular formula is C9H8CrOPb. The fraction of sp³-hybridized carbons (Fsp3) is 0.111. The molecule has 0 saturated heterocycles. The number of hydrogen-bond donors (Lipinski definition) is 0. The zero-order valence-corrected chi connectivity index (χ0v) is 11.7. The molecule has 0 aromatic heterocycles. The van der Waals surface area contributed by atoms with Gasteiger partial charge in [0.2, 0.25) is 0 Å². The molecule has 0 aliphatic carbocycles. The first-order chi connectivity index (χ1) is 4.97. The van der Waals surface area contributed by atoms with E-state index < -0.39 is 0 Å². The van der Waals surface area contributed by atoms with Gasteiger partial charge in [-0.1, -0.05) is 18.2 Å². The minimum Gasteiger partial charge on any atom is -0.465 e. The van der Waals surface area contributed by atoms with Gasteiger partial charge in [-0.3, -0.25) is 0 Å². The fourth-order valence-corrected chi connectivity index (χ4v) is 1.08. The molecule has 0 fully saturated rings. The Bertz CT molecular complexity index is 246. The van der Waals surface area contributed by atoms with Crippen LogP contribution in [0.2, 0.25) is 0 Å². The SMILES string of the molecule is C1=COc2ccccc2C1.[Cr].[Pb]. The van der Waals surface area contributed by atoms with Crippen molar-refractivity contribution in [2.24, 2.45) is 0 Å². The summed E-state index contributed by atoms with van der Waals surface area (Å²) < 4.78 is 5.24. The molecule has 1 aromatic carbocycles. The van der Waals surface area contributed by atoms with Crippen LogP contribution in [-0.4, -0.2) is 27.3 Å². The summed E-state index contributed by atoms with van der Waals surface area (Å²) >= 11 is 0. The smallest absolute Gasteiger partial charge is 0.130 e. The van der Waals surface area contributed by atoms with Gasteiger partial charge in [0, 0.05) is 44.7 Å². The molecule has 1 aliphatic rings. The fourth-order valence-electron chi connectivity index (χ4n) is 1.08. The molecule has 0 amide bonds. The van der Waals surface area contributed by atoms with Gasteiger partial charge >= 0.3 is 0 Å². The van der Waals surface area contributed by atoms with E-state index >= 15 is 0 Å². The molecule has 0 spiro atoms. The second kappa shape index (κ2) is 5.79. The van der Waals surface area contributed by atoms with E-state index in [0.29, 0.717) is 0 Å². The van der Waals surface area contributed by atoms with Gasteiger partial charge in [0.25, 0.3) is 0 Å². The molecule has 2 rings (SSSR count). The Morgan fingerprint density at radius 2 is 1.92 bits per heavy atom. The molecular weight excluding hydrogens is 383 g/mol. The molecule has 1 nitrogen and oxygen atoms in total. The van der Waals surface area contributed by atoms with E-state index in [0.717, 1.165) is 12.2 Å². The third kappa shape index (κ3) is 2.61. The van der Waals surface area contributed by atoms with Crippen LogP contribution in [-0.2, 0) is 23.8 Å². The quantitative estimate of drug-likeness (QED) is 0.613. The van der Waals surface area contributed by atoms with Gasteiger partial charge in [-0.05, 0) is 24.1 Å². The van der Waals surface area contributed by atoms with E-state index in [-0.39, 0.29) is 44.7 Å². The van der Waals surface area contributed by atoms with Crippen LogP contribution in [0.3, 0.4) is 0 Å². The van der Waals surface area contributed by atoms with E-state index in [2.05, 4.69) is 6.07 Å². The van der Waals surface area contributed by atoms with Crippen molar-refractivity contribution < 1.29 is 22.1 Å². The molecule has 60 valence electrons. The predicted octanol–water partition coefficient (Wildman–Crippen LogP) is 1.75. The Kier molecular flexibility index (Phi) is 5.89. The van der Waals surface area contributed by atoms with Crippen LogP contribution in [0.25, 0.3) is 0 Å². The van der Waals surface area contributed by atoms with Crippen molar-refractivity contribution in [3.05, 3.63) is 42.2 Å². The minimum absolute atomic E-state index is 0. The normalized spacial score (nSPS) is 11.7. The van der Waals surface area contributed by atoms with Crippen LogP contribution < -0.4 is 4.74 Å². The van der Waals surface area contributed by atoms with Gasteiger partial charge in [-0.2, -0.15) is 0 Å². The second-order valence-electron chi connectivity index (χ2n) is 2.30. The van der Waals surface area contributed by atoms with Crippen LogP contribution in [0.1, 0.15) is 5.56 Å². The van der Waals surface area contributed by atoms with Crippen LogP contribution in [0, 0.1) is 0 Å². The standard InChI is InChI=1S/C9H8O.Cr.Pb/c1-2-6-9-8(4-1)5-3-7-10-9;;/h1-4,6-7H,5H2;;. The maximum absolute atomic E-state index is 5.24. The topological polar surface area (TPSA) is 9.23 Å². The Labute approximate surface area is 103 Å². The monoisotopic (exact) mass is 392 g/mol. The molecule has 0 bridgehead atoms. The maximum Gasteiger partial charge on any atom is 0.130 e.